The van der Waals surface area contributed by atoms with Crippen LogP contribution in [0.2, 0.25) is 0 Å². The van der Waals surface area contributed by atoms with Crippen molar-refractivity contribution >= 4 is 5.91 Å². The first-order chi connectivity index (χ1) is 11.7. The molecule has 3 saturated heterocycles. The number of carbonyl (C=O) groups excluding carboxylic acids is 1. The summed E-state index contributed by atoms with van der Waals surface area (Å²) in [5, 5.41) is 0. The highest BCUT2D eigenvalue weighted by Gasteiger charge is 2.45. The van der Waals surface area contributed by atoms with Gasteiger partial charge in [0.15, 0.2) is 0 Å². The van der Waals surface area contributed by atoms with Crippen LogP contribution >= 0.6 is 0 Å². The minimum atomic E-state index is 0.299. The van der Waals surface area contributed by atoms with Gasteiger partial charge in [-0.2, -0.15) is 0 Å². The van der Waals surface area contributed by atoms with E-state index in [1.807, 2.05) is 25.1 Å². The summed E-state index contributed by atoms with van der Waals surface area (Å²) in [6.07, 6.45) is 5.05. The average molecular weight is 329 g/mol. The number of fused-ring (bicyclic) bond motifs is 1. The second-order valence-corrected chi connectivity index (χ2v) is 7.34. The van der Waals surface area contributed by atoms with Gasteiger partial charge in [0, 0.05) is 50.0 Å². The Morgan fingerprint density at radius 3 is 2.79 bits per heavy atom. The lowest BCUT2D eigenvalue weighted by molar-refractivity contribution is -0.139. The highest BCUT2D eigenvalue weighted by Crippen LogP contribution is 2.35. The Kier molecular flexibility index (Phi) is 4.55. The molecule has 3 aliphatic rings. The molecule has 0 saturated carbocycles. The van der Waals surface area contributed by atoms with Gasteiger partial charge in [0.1, 0.15) is 0 Å². The summed E-state index contributed by atoms with van der Waals surface area (Å²) in [5.41, 5.74) is 2.03. The van der Waals surface area contributed by atoms with E-state index in [1.54, 1.807) is 0 Å². The quantitative estimate of drug-likeness (QED) is 0.852. The maximum Gasteiger partial charge on any atom is 0.223 e. The monoisotopic (exact) mass is 329 g/mol. The Morgan fingerprint density at radius 2 is 2.00 bits per heavy atom. The lowest BCUT2D eigenvalue weighted by Crippen LogP contribution is -2.54. The van der Waals surface area contributed by atoms with E-state index in [0.29, 0.717) is 37.0 Å². The number of nitrogens with zero attached hydrogens (tertiary/aromatic N) is 3. The zero-order valence-electron chi connectivity index (χ0n) is 14.5. The Labute approximate surface area is 144 Å². The van der Waals surface area contributed by atoms with Crippen LogP contribution in [0.5, 0.6) is 0 Å². The highest BCUT2D eigenvalue weighted by molar-refractivity contribution is 5.77. The topological polar surface area (TPSA) is 45.7 Å². The number of rotatable bonds is 3. The van der Waals surface area contributed by atoms with Crippen LogP contribution in [0.3, 0.4) is 0 Å². The molecule has 130 valence electrons. The maximum absolute atomic E-state index is 12.6. The number of carbonyl (C=O) groups is 1. The largest absolute Gasteiger partial charge is 0.381 e. The molecule has 1 aromatic heterocycles. The predicted molar refractivity (Wildman–Crippen MR) is 91.5 cm³/mol. The molecule has 0 bridgehead atoms. The fraction of sp³-hybridized carbons (Fsp3) is 0.684. The van der Waals surface area contributed by atoms with Crippen molar-refractivity contribution in [2.75, 3.05) is 19.8 Å². The number of amides is 1. The third-order valence-corrected chi connectivity index (χ3v) is 5.87. The fourth-order valence-electron chi connectivity index (χ4n) is 4.72. The number of hydrogen-bond acceptors (Lipinski definition) is 4. The zero-order chi connectivity index (χ0) is 16.5. The molecule has 4 rings (SSSR count). The van der Waals surface area contributed by atoms with Gasteiger partial charge in [-0.1, -0.05) is 6.07 Å². The molecule has 24 heavy (non-hydrogen) atoms. The van der Waals surface area contributed by atoms with Gasteiger partial charge in [0.05, 0.1) is 12.2 Å². The molecule has 5 nitrogen and oxygen atoms in total. The lowest BCUT2D eigenvalue weighted by atomic mass is 9.94. The molecule has 1 aromatic rings. The first kappa shape index (κ1) is 16.0. The van der Waals surface area contributed by atoms with Crippen molar-refractivity contribution < 1.29 is 9.53 Å². The number of likely N-dealkylation sites (tertiary alicyclic amines) is 2. The Bertz CT molecular complexity index is 600. The van der Waals surface area contributed by atoms with Crippen LogP contribution in [0.1, 0.15) is 43.5 Å². The van der Waals surface area contributed by atoms with Crippen LogP contribution in [0.15, 0.2) is 18.2 Å². The Morgan fingerprint density at radius 1 is 1.17 bits per heavy atom. The van der Waals surface area contributed by atoms with Crippen molar-refractivity contribution in [1.29, 1.82) is 0 Å². The van der Waals surface area contributed by atoms with E-state index >= 15 is 0 Å². The second kappa shape index (κ2) is 6.81. The molecule has 2 atom stereocenters. The summed E-state index contributed by atoms with van der Waals surface area (Å²) in [4.78, 5) is 22.0. The number of pyridine rings is 1. The van der Waals surface area contributed by atoms with Gasteiger partial charge in [-0.25, -0.2) is 0 Å². The predicted octanol–water partition coefficient (Wildman–Crippen LogP) is 2.13. The summed E-state index contributed by atoms with van der Waals surface area (Å²) in [7, 11) is 0. The van der Waals surface area contributed by atoms with Gasteiger partial charge in [-0.05, 0) is 44.7 Å². The van der Waals surface area contributed by atoms with Crippen molar-refractivity contribution in [1.82, 2.24) is 14.8 Å². The van der Waals surface area contributed by atoms with Gasteiger partial charge in [0.2, 0.25) is 5.91 Å². The summed E-state index contributed by atoms with van der Waals surface area (Å²) in [6, 6.07) is 7.60. The Hall–Kier alpha value is -1.46. The molecular formula is C19H27N3O2. The first-order valence-electron chi connectivity index (χ1n) is 9.28. The van der Waals surface area contributed by atoms with Gasteiger partial charge < -0.3 is 9.64 Å². The van der Waals surface area contributed by atoms with E-state index < -0.39 is 0 Å². The van der Waals surface area contributed by atoms with Crippen LogP contribution in [-0.4, -0.2) is 58.6 Å². The SMILES string of the molecule is Cc1cccc(CN2C(=O)CC[C@@H]3[C@H]2CCN3C2CCOCC2)n1. The van der Waals surface area contributed by atoms with Crippen LogP contribution in [0.4, 0.5) is 0 Å². The smallest absolute Gasteiger partial charge is 0.223 e. The highest BCUT2D eigenvalue weighted by atomic mass is 16.5. The normalized spacial score (nSPS) is 29.0. The lowest BCUT2D eigenvalue weighted by Gasteiger charge is -2.42. The molecule has 3 fully saturated rings. The standard InChI is InChI=1S/C19H27N3O2/c1-14-3-2-4-15(20-14)13-22-18-7-10-21(16-8-11-24-12-9-16)17(18)5-6-19(22)23/h2-4,16-18H,5-13H2,1H3/t17-,18-/m1/s1. The van der Waals surface area contributed by atoms with E-state index in [0.717, 1.165) is 56.8 Å². The van der Waals surface area contributed by atoms with E-state index in [4.69, 9.17) is 4.74 Å². The maximum atomic E-state index is 12.6. The van der Waals surface area contributed by atoms with Crippen molar-refractivity contribution in [3.05, 3.63) is 29.6 Å². The minimum absolute atomic E-state index is 0.299. The fourth-order valence-corrected chi connectivity index (χ4v) is 4.72. The molecule has 0 N–H and O–H groups in total. The van der Waals surface area contributed by atoms with Crippen LogP contribution in [0.25, 0.3) is 0 Å². The molecule has 0 aliphatic carbocycles. The molecule has 0 unspecified atom stereocenters. The molecule has 1 amide bonds. The molecule has 0 spiro atoms. The van der Waals surface area contributed by atoms with E-state index in [2.05, 4.69) is 14.8 Å². The molecule has 3 aliphatic heterocycles. The molecule has 0 radical (unpaired) electrons. The third-order valence-electron chi connectivity index (χ3n) is 5.87. The first-order valence-corrected chi connectivity index (χ1v) is 9.28. The van der Waals surface area contributed by atoms with Crippen LogP contribution in [-0.2, 0) is 16.1 Å². The van der Waals surface area contributed by atoms with E-state index in [1.165, 1.54) is 0 Å². The average Bonchev–Trinajstić information content (AvgIpc) is 3.02. The summed E-state index contributed by atoms with van der Waals surface area (Å²) < 4.78 is 5.52. The van der Waals surface area contributed by atoms with Crippen molar-refractivity contribution in [2.24, 2.45) is 0 Å². The molecular weight excluding hydrogens is 302 g/mol. The van der Waals surface area contributed by atoms with E-state index in [9.17, 15) is 4.79 Å². The number of hydrogen-bond donors (Lipinski definition) is 0. The van der Waals surface area contributed by atoms with Crippen LogP contribution in [0, 0.1) is 6.92 Å². The Balaban J connectivity index is 1.50. The van der Waals surface area contributed by atoms with E-state index in [-0.39, 0.29) is 0 Å². The molecule has 5 heteroatoms. The summed E-state index contributed by atoms with van der Waals surface area (Å²) in [5.74, 6) is 0.299. The van der Waals surface area contributed by atoms with Crippen molar-refractivity contribution in [2.45, 2.75) is 63.7 Å². The van der Waals surface area contributed by atoms with Gasteiger partial charge in [-0.15, -0.1) is 0 Å². The number of aromatic nitrogens is 1. The van der Waals surface area contributed by atoms with Gasteiger partial charge >= 0.3 is 0 Å². The number of aryl methyl sites for hydroxylation is 1. The van der Waals surface area contributed by atoms with Crippen molar-refractivity contribution in [3.63, 3.8) is 0 Å². The number of ether oxygens (including phenoxy) is 1. The zero-order valence-corrected chi connectivity index (χ0v) is 14.5. The summed E-state index contributed by atoms with van der Waals surface area (Å²) in [6.45, 7) is 5.55. The third kappa shape index (κ3) is 3.07. The second-order valence-electron chi connectivity index (χ2n) is 7.34. The van der Waals surface area contributed by atoms with Gasteiger partial charge in [-0.3, -0.25) is 14.7 Å². The molecule has 4 heterocycles. The summed E-state index contributed by atoms with van der Waals surface area (Å²) >= 11 is 0. The van der Waals surface area contributed by atoms with Gasteiger partial charge in [0.25, 0.3) is 0 Å². The van der Waals surface area contributed by atoms with Crippen LogP contribution < -0.4 is 0 Å². The minimum Gasteiger partial charge on any atom is -0.381 e. The number of piperidine rings is 1. The molecule has 0 aromatic carbocycles. The van der Waals surface area contributed by atoms with Crippen molar-refractivity contribution in [3.8, 4) is 0 Å².